The van der Waals surface area contributed by atoms with E-state index in [1.807, 2.05) is 0 Å². The van der Waals surface area contributed by atoms with Crippen molar-refractivity contribution in [1.29, 1.82) is 0 Å². The second kappa shape index (κ2) is 7.88. The predicted molar refractivity (Wildman–Crippen MR) is 93.2 cm³/mol. The van der Waals surface area contributed by atoms with Gasteiger partial charge in [0.1, 0.15) is 11.8 Å². The van der Waals surface area contributed by atoms with Gasteiger partial charge in [-0.05, 0) is 58.2 Å². The zero-order valence-corrected chi connectivity index (χ0v) is 15.7. The number of esters is 1. The van der Waals surface area contributed by atoms with Crippen molar-refractivity contribution in [2.75, 3.05) is 12.3 Å². The number of nitrogens with zero attached hydrogens (tertiary/aromatic N) is 1. The van der Waals surface area contributed by atoms with E-state index in [2.05, 4.69) is 10.5 Å². The van der Waals surface area contributed by atoms with Gasteiger partial charge in [-0.2, -0.15) is 0 Å². The Kier molecular flexibility index (Phi) is 6.07. The van der Waals surface area contributed by atoms with Gasteiger partial charge in [0.25, 0.3) is 0 Å². The molecule has 1 saturated heterocycles. The third kappa shape index (κ3) is 5.20. The fourth-order valence-electron chi connectivity index (χ4n) is 2.49. The number of anilines is 1. The lowest BCUT2D eigenvalue weighted by atomic mass is 10.1. The number of hydrogen-bond acceptors (Lipinski definition) is 6. The van der Waals surface area contributed by atoms with Crippen molar-refractivity contribution in [3.05, 3.63) is 23.8 Å². The van der Waals surface area contributed by atoms with Gasteiger partial charge in [-0.1, -0.05) is 0 Å². The lowest BCUT2D eigenvalue weighted by molar-refractivity contribution is 0.00693. The number of carbonyl (C=O) groups excluding carboxylic acids is 2. The SMILES string of the molecule is CC(C)(C)OC(=O)c1ccc(OC(=O)N2CCCCC2O[Si])c(N)c1. The Hall–Kier alpha value is -2.06. The van der Waals surface area contributed by atoms with Crippen LogP contribution in [0.4, 0.5) is 10.5 Å². The van der Waals surface area contributed by atoms with Crippen LogP contribution in [0.1, 0.15) is 50.4 Å². The molecule has 1 heterocycles. The molecule has 1 fully saturated rings. The molecule has 2 N–H and O–H groups in total. The summed E-state index contributed by atoms with van der Waals surface area (Å²) in [6, 6.07) is 4.44. The standard InChI is InChI=1S/C17H23N2O5Si/c1-17(2,3)23-15(20)11-7-8-13(12(18)10-11)22-16(21)19-9-5-4-6-14(19)24-25/h7-8,10,14H,4-6,9,18H2,1-3H3. The monoisotopic (exact) mass is 363 g/mol. The van der Waals surface area contributed by atoms with Crippen LogP contribution < -0.4 is 10.5 Å². The van der Waals surface area contributed by atoms with E-state index in [0.717, 1.165) is 19.3 Å². The summed E-state index contributed by atoms with van der Waals surface area (Å²) >= 11 is 0. The molecule has 1 aliphatic rings. The number of rotatable bonds is 3. The van der Waals surface area contributed by atoms with Crippen LogP contribution in [0.25, 0.3) is 0 Å². The molecule has 2 rings (SSSR count). The molecule has 1 aliphatic heterocycles. The van der Waals surface area contributed by atoms with Gasteiger partial charge < -0.3 is 19.6 Å². The Morgan fingerprint density at radius 3 is 2.60 bits per heavy atom. The van der Waals surface area contributed by atoms with Gasteiger partial charge in [0.15, 0.2) is 5.75 Å². The number of ether oxygens (including phenoxy) is 2. The van der Waals surface area contributed by atoms with Gasteiger partial charge in [-0.3, -0.25) is 4.90 Å². The molecule has 3 radical (unpaired) electrons. The van der Waals surface area contributed by atoms with E-state index in [1.165, 1.54) is 23.1 Å². The van der Waals surface area contributed by atoms with Gasteiger partial charge in [-0.15, -0.1) is 0 Å². The quantitative estimate of drug-likeness (QED) is 0.504. The minimum Gasteiger partial charge on any atom is -0.456 e. The van der Waals surface area contributed by atoms with E-state index >= 15 is 0 Å². The largest absolute Gasteiger partial charge is 0.456 e. The van der Waals surface area contributed by atoms with Crippen molar-refractivity contribution in [1.82, 2.24) is 4.90 Å². The minimum atomic E-state index is -0.601. The second-order valence-corrected chi connectivity index (χ2v) is 7.12. The molecule has 1 unspecified atom stereocenters. The van der Waals surface area contributed by atoms with E-state index < -0.39 is 17.7 Å². The highest BCUT2D eigenvalue weighted by Crippen LogP contribution is 2.26. The number of nitrogens with two attached hydrogens (primary N) is 1. The molecule has 0 bridgehead atoms. The summed E-state index contributed by atoms with van der Waals surface area (Å²) < 4.78 is 15.8. The molecule has 135 valence electrons. The summed E-state index contributed by atoms with van der Waals surface area (Å²) in [5, 5.41) is 0. The smallest absolute Gasteiger partial charge is 0.417 e. The maximum atomic E-state index is 12.4. The average molecular weight is 363 g/mol. The molecule has 0 aliphatic carbocycles. The van der Waals surface area contributed by atoms with Crippen LogP contribution in [0, 0.1) is 0 Å². The Morgan fingerprint density at radius 2 is 2.00 bits per heavy atom. The van der Waals surface area contributed by atoms with Gasteiger partial charge in [-0.25, -0.2) is 9.59 Å². The lowest BCUT2D eigenvalue weighted by Crippen LogP contribution is -2.46. The van der Waals surface area contributed by atoms with E-state index in [4.69, 9.17) is 19.6 Å². The summed E-state index contributed by atoms with van der Waals surface area (Å²) in [4.78, 5) is 25.9. The molecular weight excluding hydrogens is 340 g/mol. The fraction of sp³-hybridized carbons (Fsp3) is 0.529. The number of hydrogen-bond donors (Lipinski definition) is 1. The second-order valence-electron chi connectivity index (χ2n) is 6.88. The zero-order chi connectivity index (χ0) is 18.6. The molecular formula is C17H23N2O5Si. The highest BCUT2D eigenvalue weighted by Gasteiger charge is 2.28. The summed E-state index contributed by atoms with van der Waals surface area (Å²) in [6.07, 6.45) is 1.67. The summed E-state index contributed by atoms with van der Waals surface area (Å²) in [5.41, 5.74) is 5.80. The van der Waals surface area contributed by atoms with Crippen LogP contribution in [-0.2, 0) is 9.16 Å². The Labute approximate surface area is 150 Å². The first-order valence-corrected chi connectivity index (χ1v) is 8.56. The van der Waals surface area contributed by atoms with Crippen LogP contribution in [0.5, 0.6) is 5.75 Å². The molecule has 7 nitrogen and oxygen atoms in total. The maximum absolute atomic E-state index is 12.4. The summed E-state index contributed by atoms with van der Waals surface area (Å²) in [7, 11) is 2.99. The Balaban J connectivity index is 2.08. The first-order chi connectivity index (χ1) is 11.7. The van der Waals surface area contributed by atoms with Gasteiger partial charge >= 0.3 is 12.1 Å². The number of benzene rings is 1. The first-order valence-electron chi connectivity index (χ1n) is 8.15. The van der Waals surface area contributed by atoms with E-state index in [1.54, 1.807) is 20.8 Å². The Morgan fingerprint density at radius 1 is 1.28 bits per heavy atom. The van der Waals surface area contributed by atoms with E-state index in [0.29, 0.717) is 12.1 Å². The molecule has 0 saturated carbocycles. The molecule has 8 heteroatoms. The summed E-state index contributed by atoms with van der Waals surface area (Å²) in [5.74, 6) is -0.295. The van der Waals surface area contributed by atoms with E-state index in [-0.39, 0.29) is 17.7 Å². The number of carbonyl (C=O) groups is 2. The highest BCUT2D eigenvalue weighted by atomic mass is 28.2. The van der Waals surface area contributed by atoms with Crippen molar-refractivity contribution >= 4 is 28.2 Å². The third-order valence-electron chi connectivity index (χ3n) is 3.66. The van der Waals surface area contributed by atoms with Crippen molar-refractivity contribution in [3.63, 3.8) is 0 Å². The third-order valence-corrected chi connectivity index (χ3v) is 3.93. The minimum absolute atomic E-state index is 0.185. The van der Waals surface area contributed by atoms with E-state index in [9.17, 15) is 9.59 Å². The molecule has 1 aromatic carbocycles. The fourth-order valence-corrected chi connectivity index (χ4v) is 2.74. The van der Waals surface area contributed by atoms with Crippen molar-refractivity contribution in [3.8, 4) is 5.75 Å². The number of likely N-dealkylation sites (tertiary alicyclic amines) is 1. The number of amides is 1. The average Bonchev–Trinajstić information content (AvgIpc) is 2.54. The molecule has 0 spiro atoms. The van der Waals surface area contributed by atoms with Gasteiger partial charge in [0.2, 0.25) is 10.5 Å². The van der Waals surface area contributed by atoms with Crippen molar-refractivity contribution in [2.24, 2.45) is 0 Å². The normalized spacial score (nSPS) is 17.9. The van der Waals surface area contributed by atoms with Crippen molar-refractivity contribution in [2.45, 2.75) is 51.9 Å². The summed E-state index contributed by atoms with van der Waals surface area (Å²) in [6.45, 7) is 5.89. The zero-order valence-electron chi connectivity index (χ0n) is 14.7. The van der Waals surface area contributed by atoms with Crippen LogP contribution >= 0.6 is 0 Å². The predicted octanol–water partition coefficient (Wildman–Crippen LogP) is 2.63. The van der Waals surface area contributed by atoms with Crippen LogP contribution in [0.3, 0.4) is 0 Å². The van der Waals surface area contributed by atoms with Crippen LogP contribution in [0.2, 0.25) is 0 Å². The number of piperidine rings is 1. The lowest BCUT2D eigenvalue weighted by Gasteiger charge is -2.33. The molecule has 1 atom stereocenters. The topological polar surface area (TPSA) is 91.1 Å². The number of nitrogen functional groups attached to an aromatic ring is 1. The maximum Gasteiger partial charge on any atom is 0.417 e. The Bertz CT molecular complexity index is 644. The molecule has 1 amide bonds. The highest BCUT2D eigenvalue weighted by molar-refractivity contribution is 5.98. The van der Waals surface area contributed by atoms with Gasteiger partial charge in [0.05, 0.1) is 11.3 Å². The molecule has 1 aromatic rings. The molecule has 25 heavy (non-hydrogen) atoms. The van der Waals surface area contributed by atoms with Crippen LogP contribution in [-0.4, -0.2) is 45.8 Å². The molecule has 0 aromatic heterocycles. The first kappa shape index (κ1) is 19.3. The van der Waals surface area contributed by atoms with Crippen molar-refractivity contribution < 1.29 is 23.5 Å². The van der Waals surface area contributed by atoms with Gasteiger partial charge in [0, 0.05) is 6.54 Å². The van der Waals surface area contributed by atoms with Crippen LogP contribution in [0.15, 0.2) is 18.2 Å².